The number of thiophene rings is 1. The summed E-state index contributed by atoms with van der Waals surface area (Å²) in [7, 11) is 1.41. The molecule has 17 heavy (non-hydrogen) atoms. The summed E-state index contributed by atoms with van der Waals surface area (Å²) in [6.45, 7) is 6.34. The van der Waals surface area contributed by atoms with Crippen molar-refractivity contribution in [2.75, 3.05) is 13.7 Å². The second kappa shape index (κ2) is 5.85. The van der Waals surface area contributed by atoms with E-state index in [1.54, 1.807) is 11.3 Å². The van der Waals surface area contributed by atoms with Crippen LogP contribution in [0.2, 0.25) is 4.34 Å². The number of methoxy groups -OCH3 is 1. The molecular weight excluding hydrogens is 258 g/mol. The summed E-state index contributed by atoms with van der Waals surface area (Å²) in [5, 5.41) is 3.32. The van der Waals surface area contributed by atoms with Crippen molar-refractivity contribution in [2.24, 2.45) is 5.41 Å². The normalized spacial score (nSPS) is 13.5. The van der Waals surface area contributed by atoms with E-state index in [0.29, 0.717) is 6.54 Å². The summed E-state index contributed by atoms with van der Waals surface area (Å²) in [6, 6.07) is 4.05. The lowest BCUT2D eigenvalue weighted by molar-refractivity contribution is -0.150. The molecule has 96 valence electrons. The minimum atomic E-state index is -0.524. The number of carbonyl (C=O) groups excluding carboxylic acids is 1. The quantitative estimate of drug-likeness (QED) is 0.839. The van der Waals surface area contributed by atoms with Crippen LogP contribution in [0.3, 0.4) is 0 Å². The third kappa shape index (κ3) is 3.98. The van der Waals surface area contributed by atoms with Crippen molar-refractivity contribution in [3.05, 3.63) is 21.3 Å². The van der Waals surface area contributed by atoms with Crippen LogP contribution in [-0.4, -0.2) is 19.6 Å². The maximum atomic E-state index is 11.5. The zero-order chi connectivity index (χ0) is 13.1. The molecule has 0 amide bonds. The van der Waals surface area contributed by atoms with Crippen LogP contribution in [-0.2, 0) is 9.53 Å². The van der Waals surface area contributed by atoms with Gasteiger partial charge in [-0.25, -0.2) is 0 Å². The lowest BCUT2D eigenvalue weighted by Gasteiger charge is -2.24. The largest absolute Gasteiger partial charge is 0.469 e. The molecule has 1 atom stereocenters. The average Bonchev–Trinajstić information content (AvgIpc) is 2.71. The number of esters is 1. The molecule has 0 radical (unpaired) electrons. The van der Waals surface area contributed by atoms with Gasteiger partial charge in [-0.3, -0.25) is 4.79 Å². The van der Waals surface area contributed by atoms with E-state index in [1.165, 1.54) is 7.11 Å². The highest BCUT2D eigenvalue weighted by Gasteiger charge is 2.29. The molecule has 0 spiro atoms. The highest BCUT2D eigenvalue weighted by Crippen LogP contribution is 2.27. The van der Waals surface area contributed by atoms with E-state index in [2.05, 4.69) is 12.2 Å². The maximum Gasteiger partial charge on any atom is 0.312 e. The predicted molar refractivity (Wildman–Crippen MR) is 71.5 cm³/mol. The summed E-state index contributed by atoms with van der Waals surface area (Å²) in [5.41, 5.74) is -0.524. The topological polar surface area (TPSA) is 38.3 Å². The SMILES string of the molecule is COC(=O)C(C)(C)CNC(C)c1ccc(Cl)s1. The van der Waals surface area contributed by atoms with Gasteiger partial charge < -0.3 is 10.1 Å². The van der Waals surface area contributed by atoms with Crippen molar-refractivity contribution >= 4 is 28.9 Å². The van der Waals surface area contributed by atoms with Crippen molar-refractivity contribution in [2.45, 2.75) is 26.8 Å². The molecule has 0 aromatic carbocycles. The van der Waals surface area contributed by atoms with Crippen LogP contribution < -0.4 is 5.32 Å². The van der Waals surface area contributed by atoms with Gasteiger partial charge in [-0.15, -0.1) is 11.3 Å². The van der Waals surface area contributed by atoms with E-state index in [4.69, 9.17) is 16.3 Å². The third-order valence-electron chi connectivity index (χ3n) is 2.61. The van der Waals surface area contributed by atoms with Crippen LogP contribution in [0, 0.1) is 5.41 Å². The van der Waals surface area contributed by atoms with Gasteiger partial charge in [0.25, 0.3) is 0 Å². The summed E-state index contributed by atoms with van der Waals surface area (Å²) in [5.74, 6) is -0.207. The zero-order valence-corrected chi connectivity index (χ0v) is 12.1. The maximum absolute atomic E-state index is 11.5. The molecule has 0 aliphatic rings. The Kier molecular flexibility index (Phi) is 4.98. The van der Waals surface area contributed by atoms with Crippen LogP contribution in [0.1, 0.15) is 31.7 Å². The van der Waals surface area contributed by atoms with Gasteiger partial charge in [0, 0.05) is 17.5 Å². The second-order valence-corrected chi connectivity index (χ2v) is 6.37. The average molecular weight is 276 g/mol. The molecule has 0 saturated heterocycles. The summed E-state index contributed by atoms with van der Waals surface area (Å²) < 4.78 is 5.54. The fourth-order valence-corrected chi connectivity index (χ4v) is 2.51. The van der Waals surface area contributed by atoms with Gasteiger partial charge in [0.05, 0.1) is 16.9 Å². The Balaban J connectivity index is 2.53. The summed E-state index contributed by atoms with van der Waals surface area (Å²) in [4.78, 5) is 12.7. The molecule has 1 unspecified atom stereocenters. The zero-order valence-electron chi connectivity index (χ0n) is 10.5. The van der Waals surface area contributed by atoms with Gasteiger partial charge in [-0.2, -0.15) is 0 Å². The van der Waals surface area contributed by atoms with Crippen molar-refractivity contribution in [3.8, 4) is 0 Å². The Bertz CT molecular complexity index is 390. The van der Waals surface area contributed by atoms with Crippen LogP contribution in [0.15, 0.2) is 12.1 Å². The highest BCUT2D eigenvalue weighted by atomic mass is 35.5. The number of halogens is 1. The lowest BCUT2D eigenvalue weighted by Crippen LogP contribution is -2.37. The predicted octanol–water partition coefficient (Wildman–Crippen LogP) is 3.25. The van der Waals surface area contributed by atoms with Crippen LogP contribution in [0.4, 0.5) is 0 Å². The van der Waals surface area contributed by atoms with Crippen molar-refractivity contribution in [1.82, 2.24) is 5.32 Å². The van der Waals surface area contributed by atoms with Crippen LogP contribution >= 0.6 is 22.9 Å². The summed E-state index contributed by atoms with van der Waals surface area (Å²) in [6.07, 6.45) is 0. The first-order valence-corrected chi connectivity index (χ1v) is 6.63. The van der Waals surface area contributed by atoms with E-state index in [1.807, 2.05) is 26.0 Å². The standard InChI is InChI=1S/C12H18ClNO2S/c1-8(9-5-6-10(13)17-9)14-7-12(2,3)11(15)16-4/h5-6,8,14H,7H2,1-4H3. The molecule has 1 rings (SSSR count). The molecule has 5 heteroatoms. The first-order chi connectivity index (χ1) is 7.86. The fraction of sp³-hybridized carbons (Fsp3) is 0.583. The number of hydrogen-bond acceptors (Lipinski definition) is 4. The number of nitrogens with one attached hydrogen (secondary N) is 1. The molecular formula is C12H18ClNO2S. The smallest absolute Gasteiger partial charge is 0.312 e. The Morgan fingerprint density at radius 2 is 2.24 bits per heavy atom. The fourth-order valence-electron chi connectivity index (χ4n) is 1.42. The van der Waals surface area contributed by atoms with Gasteiger partial charge in [0.2, 0.25) is 0 Å². The molecule has 0 bridgehead atoms. The Hall–Kier alpha value is -0.580. The van der Waals surface area contributed by atoms with E-state index < -0.39 is 5.41 Å². The van der Waals surface area contributed by atoms with E-state index in [0.717, 1.165) is 9.21 Å². The monoisotopic (exact) mass is 275 g/mol. The van der Waals surface area contributed by atoms with Gasteiger partial charge >= 0.3 is 5.97 Å². The van der Waals surface area contributed by atoms with Gasteiger partial charge in [0.1, 0.15) is 0 Å². The lowest BCUT2D eigenvalue weighted by atomic mass is 9.93. The van der Waals surface area contributed by atoms with Gasteiger partial charge in [0.15, 0.2) is 0 Å². The first kappa shape index (κ1) is 14.5. The highest BCUT2D eigenvalue weighted by molar-refractivity contribution is 7.16. The number of rotatable bonds is 5. The summed E-state index contributed by atoms with van der Waals surface area (Å²) >= 11 is 7.43. The molecule has 1 heterocycles. The van der Waals surface area contributed by atoms with Crippen molar-refractivity contribution < 1.29 is 9.53 Å². The van der Waals surface area contributed by atoms with Crippen LogP contribution in [0.5, 0.6) is 0 Å². The number of carbonyl (C=O) groups is 1. The van der Waals surface area contributed by atoms with Gasteiger partial charge in [-0.05, 0) is 32.9 Å². The van der Waals surface area contributed by atoms with E-state index in [9.17, 15) is 4.79 Å². The Labute approximate surface area is 111 Å². The molecule has 0 saturated carbocycles. The molecule has 1 aromatic heterocycles. The number of ether oxygens (including phenoxy) is 1. The molecule has 0 aliphatic carbocycles. The molecule has 1 aromatic rings. The molecule has 0 fully saturated rings. The van der Waals surface area contributed by atoms with Crippen LogP contribution in [0.25, 0.3) is 0 Å². The molecule has 0 aliphatic heterocycles. The van der Waals surface area contributed by atoms with Crippen molar-refractivity contribution in [3.63, 3.8) is 0 Å². The van der Waals surface area contributed by atoms with Gasteiger partial charge in [-0.1, -0.05) is 11.6 Å². The second-order valence-electron chi connectivity index (χ2n) is 4.62. The minimum Gasteiger partial charge on any atom is -0.469 e. The Morgan fingerprint density at radius 1 is 1.59 bits per heavy atom. The van der Waals surface area contributed by atoms with E-state index in [-0.39, 0.29) is 12.0 Å². The Morgan fingerprint density at radius 3 is 2.71 bits per heavy atom. The molecule has 1 N–H and O–H groups in total. The minimum absolute atomic E-state index is 0.177. The first-order valence-electron chi connectivity index (χ1n) is 5.44. The van der Waals surface area contributed by atoms with E-state index >= 15 is 0 Å². The molecule has 3 nitrogen and oxygen atoms in total. The number of hydrogen-bond donors (Lipinski definition) is 1. The third-order valence-corrected chi connectivity index (χ3v) is 4.02. The van der Waals surface area contributed by atoms with Crippen molar-refractivity contribution in [1.29, 1.82) is 0 Å².